The molecule has 3 fully saturated rings. The number of ketones is 2. The van der Waals surface area contributed by atoms with Gasteiger partial charge in [0.2, 0.25) is 0 Å². The monoisotopic (exact) mass is 413 g/mol. The molecule has 4 aliphatic carbocycles. The summed E-state index contributed by atoms with van der Waals surface area (Å²) in [5, 5.41) is 32.2. The van der Waals surface area contributed by atoms with Gasteiger partial charge in [0.1, 0.15) is 18.4 Å². The fourth-order valence-electron chi connectivity index (χ4n) is 6.88. The van der Waals surface area contributed by atoms with Gasteiger partial charge in [0.05, 0.1) is 6.10 Å². The zero-order valence-corrected chi connectivity index (χ0v) is 16.4. The zero-order chi connectivity index (χ0) is 24.1. The van der Waals surface area contributed by atoms with Gasteiger partial charge in [-0.3, -0.25) is 9.59 Å². The molecule has 0 amide bonds. The summed E-state index contributed by atoms with van der Waals surface area (Å²) in [5.74, 6) is -5.38. The average Bonchev–Trinajstić information content (AvgIpc) is 2.94. The Morgan fingerprint density at radius 1 is 1.34 bits per heavy atom. The molecule has 4 rings (SSSR count). The number of carbonyl (C=O) groups excluding carboxylic acids is 2. The van der Waals surface area contributed by atoms with Crippen LogP contribution in [0.2, 0.25) is 0 Å². The number of halogens is 2. The molecule has 0 aromatic heterocycles. The average molecular weight is 413 g/mol. The van der Waals surface area contributed by atoms with Gasteiger partial charge in [-0.2, -0.15) is 0 Å². The number of aliphatic hydroxyl groups is 3. The maximum atomic E-state index is 17.0. The van der Waals surface area contributed by atoms with Gasteiger partial charge in [0.15, 0.2) is 17.2 Å². The van der Waals surface area contributed by atoms with E-state index < -0.39 is 90.0 Å². The number of allylic oxidation sites excluding steroid dienone is 4. The molecule has 9 atom stereocenters. The van der Waals surface area contributed by atoms with Crippen LogP contribution in [0.4, 0.5) is 8.78 Å². The third-order valence-electron chi connectivity index (χ3n) is 8.45. The van der Waals surface area contributed by atoms with Gasteiger partial charge in [-0.15, -0.1) is 0 Å². The molecule has 0 bridgehead atoms. The summed E-state index contributed by atoms with van der Waals surface area (Å²) in [6.45, 7) is -1.09. The lowest BCUT2D eigenvalue weighted by Crippen LogP contribution is -2.70. The van der Waals surface area contributed by atoms with Crippen LogP contribution in [0, 0.1) is 28.6 Å². The summed E-state index contributed by atoms with van der Waals surface area (Å²) < 4.78 is 56.1. The van der Waals surface area contributed by atoms with Gasteiger partial charge in [-0.1, -0.05) is 19.9 Å². The zero-order valence-electron chi connectivity index (χ0n) is 19.4. The van der Waals surface area contributed by atoms with Crippen LogP contribution in [0.15, 0.2) is 23.8 Å². The van der Waals surface area contributed by atoms with Crippen LogP contribution in [0.25, 0.3) is 0 Å². The number of hydrogen-bond donors (Lipinski definition) is 3. The minimum absolute atomic E-state index is 0.0709. The van der Waals surface area contributed by atoms with Gasteiger partial charge in [0, 0.05) is 20.9 Å². The highest BCUT2D eigenvalue weighted by Gasteiger charge is 2.76. The van der Waals surface area contributed by atoms with Gasteiger partial charge >= 0.3 is 0 Å². The van der Waals surface area contributed by atoms with Crippen molar-refractivity contribution in [2.24, 2.45) is 28.6 Å². The molecule has 0 radical (unpaired) electrons. The minimum atomic E-state index is -2.81. The van der Waals surface area contributed by atoms with Crippen molar-refractivity contribution in [2.75, 3.05) is 6.61 Å². The molecule has 29 heavy (non-hydrogen) atoms. The lowest BCUT2D eigenvalue weighted by molar-refractivity contribution is -0.223. The molecule has 0 spiro atoms. The predicted octanol–water partition coefficient (Wildman–Crippen LogP) is 1.84. The number of carbonyl (C=O) groups is 2. The molecular formula is C22H28F2O5. The Morgan fingerprint density at radius 3 is 2.66 bits per heavy atom. The highest BCUT2D eigenvalue weighted by Crippen LogP contribution is 2.70. The lowest BCUT2D eigenvalue weighted by atomic mass is 9.44. The highest BCUT2D eigenvalue weighted by molar-refractivity contribution is 6.01. The fourth-order valence-corrected chi connectivity index (χ4v) is 6.88. The Kier molecular flexibility index (Phi) is 3.60. The lowest BCUT2D eigenvalue weighted by Gasteiger charge is -2.63. The molecule has 0 aromatic rings. The third-order valence-corrected chi connectivity index (χ3v) is 8.45. The van der Waals surface area contributed by atoms with Crippen molar-refractivity contribution in [3.05, 3.63) is 23.8 Å². The second kappa shape index (κ2) is 6.05. The molecule has 0 unspecified atom stereocenters. The summed E-state index contributed by atoms with van der Waals surface area (Å²) in [6.07, 6.45) is -1.22. The fraction of sp³-hybridized carbons (Fsp3) is 0.727. The van der Waals surface area contributed by atoms with Crippen molar-refractivity contribution in [1.29, 1.82) is 0 Å². The van der Waals surface area contributed by atoms with Crippen LogP contribution in [-0.4, -0.2) is 57.0 Å². The van der Waals surface area contributed by atoms with Crippen molar-refractivity contribution in [3.8, 4) is 0 Å². The van der Waals surface area contributed by atoms with Gasteiger partial charge in [-0.05, 0) is 55.7 Å². The number of Topliss-reactive ketones (excluding diaryl/α,β-unsaturated/α-hetero) is 1. The van der Waals surface area contributed by atoms with E-state index in [-0.39, 0.29) is 12.0 Å². The first-order chi connectivity index (χ1) is 14.6. The number of alkyl halides is 2. The number of fused-ring (bicyclic) bond motifs is 5. The molecule has 160 valence electrons. The first-order valence-corrected chi connectivity index (χ1v) is 9.92. The molecule has 3 saturated carbocycles. The molecule has 3 N–H and O–H groups in total. The second-order valence-electron chi connectivity index (χ2n) is 9.50. The quantitative estimate of drug-likeness (QED) is 0.642. The van der Waals surface area contributed by atoms with Crippen LogP contribution in [-0.2, 0) is 9.59 Å². The van der Waals surface area contributed by atoms with Crippen molar-refractivity contribution >= 4 is 11.6 Å². The first-order valence-electron chi connectivity index (χ1n) is 11.4. The molecular weight excluding hydrogens is 382 g/mol. The number of aliphatic hydroxyl groups excluding tert-OH is 2. The summed E-state index contributed by atoms with van der Waals surface area (Å²) in [4.78, 5) is 24.6. The maximum Gasteiger partial charge on any atom is 0.190 e. The normalized spacial score (nSPS) is 55.7. The molecule has 0 aromatic carbocycles. The minimum Gasteiger partial charge on any atom is -0.390 e. The van der Waals surface area contributed by atoms with Gasteiger partial charge in [-0.25, -0.2) is 8.78 Å². The van der Waals surface area contributed by atoms with Crippen molar-refractivity contribution in [1.82, 2.24) is 0 Å². The van der Waals surface area contributed by atoms with Crippen molar-refractivity contribution < 1.29 is 37.8 Å². The van der Waals surface area contributed by atoms with Crippen LogP contribution < -0.4 is 0 Å². The molecule has 5 nitrogen and oxygen atoms in total. The van der Waals surface area contributed by atoms with Crippen LogP contribution in [0.1, 0.15) is 44.1 Å². The van der Waals surface area contributed by atoms with Crippen LogP contribution in [0.5, 0.6) is 0 Å². The summed E-state index contributed by atoms with van der Waals surface area (Å²) in [7, 11) is 0. The Morgan fingerprint density at radius 2 is 2.03 bits per heavy atom. The smallest absolute Gasteiger partial charge is 0.190 e. The van der Waals surface area contributed by atoms with E-state index in [0.29, 0.717) is 0 Å². The van der Waals surface area contributed by atoms with E-state index in [0.717, 1.165) is 12.2 Å². The molecule has 0 aliphatic heterocycles. The third kappa shape index (κ3) is 2.19. The maximum absolute atomic E-state index is 17.0. The summed E-state index contributed by atoms with van der Waals surface area (Å²) in [6, 6.07) is 0. The van der Waals surface area contributed by atoms with Crippen LogP contribution >= 0.6 is 0 Å². The van der Waals surface area contributed by atoms with Crippen LogP contribution in [0.3, 0.4) is 0 Å². The predicted molar refractivity (Wildman–Crippen MR) is 100 cm³/mol. The standard InChI is InChI=1S/C22H28F2O5/c1-11-6-13-14-8-16(23)15-7-12(26)4-5-19(15,2)21(14,24)17(27)9-20(13,3)22(11,29)18(28)10-25/h4-5,7,11,13-14,16-17,25,27,29H,6,8-10H2,1-3H3/t11-,13+,14+,16+,17+,19+,20+,21+,22+/m1/s1/i1D3. The van der Waals surface area contributed by atoms with E-state index in [1.54, 1.807) is 0 Å². The van der Waals surface area contributed by atoms with Crippen molar-refractivity contribution in [2.45, 2.75) is 63.5 Å². The van der Waals surface area contributed by atoms with Gasteiger partial charge < -0.3 is 15.3 Å². The Hall–Kier alpha value is -1.44. The Bertz CT molecular complexity index is 935. The van der Waals surface area contributed by atoms with Gasteiger partial charge in [0.25, 0.3) is 0 Å². The summed E-state index contributed by atoms with van der Waals surface area (Å²) in [5.41, 5.74) is -8.31. The van der Waals surface area contributed by atoms with Crippen molar-refractivity contribution in [3.63, 3.8) is 0 Å². The topological polar surface area (TPSA) is 94.8 Å². The van der Waals surface area contributed by atoms with E-state index in [1.165, 1.54) is 19.9 Å². The Labute approximate surface area is 172 Å². The van der Waals surface area contributed by atoms with E-state index in [9.17, 15) is 24.9 Å². The Balaban J connectivity index is 1.91. The van der Waals surface area contributed by atoms with E-state index in [4.69, 9.17) is 4.11 Å². The number of rotatable bonds is 2. The highest BCUT2D eigenvalue weighted by atomic mass is 19.1. The molecule has 7 heteroatoms. The largest absolute Gasteiger partial charge is 0.390 e. The molecule has 0 saturated heterocycles. The van der Waals surface area contributed by atoms with E-state index in [1.807, 2.05) is 0 Å². The second-order valence-corrected chi connectivity index (χ2v) is 9.50. The first kappa shape index (κ1) is 17.3. The van der Waals surface area contributed by atoms with E-state index in [2.05, 4.69) is 0 Å². The van der Waals surface area contributed by atoms with E-state index >= 15 is 8.78 Å². The molecule has 4 aliphatic rings. The SMILES string of the molecule is [2H]C([2H])([2H])[C@@H]1C[C@H]2[C@@H]3C[C@H](F)C4=CC(=O)C=C[C@]4(C)[C@@]3(F)[C@@H](O)C[C@]2(C)[C@@]1(O)C(=O)CO. The number of hydrogen-bond acceptors (Lipinski definition) is 5. The summed E-state index contributed by atoms with van der Waals surface area (Å²) >= 11 is 0. The molecule has 0 heterocycles.